The molecular formula is C12H10ClN3O2. The third-order valence-electron chi connectivity index (χ3n) is 2.49. The molecule has 92 valence electrons. The van der Waals surface area contributed by atoms with E-state index in [2.05, 4.69) is 10.3 Å². The Kier molecular flexibility index (Phi) is 3.43. The highest BCUT2D eigenvalue weighted by Crippen LogP contribution is 2.28. The molecule has 0 unspecified atom stereocenters. The van der Waals surface area contributed by atoms with Crippen LogP contribution in [0.25, 0.3) is 11.3 Å². The van der Waals surface area contributed by atoms with Crippen molar-refractivity contribution >= 4 is 23.0 Å². The molecule has 2 aromatic rings. The maximum atomic E-state index is 10.5. The lowest BCUT2D eigenvalue weighted by Crippen LogP contribution is -1.92. The molecule has 0 aliphatic heterocycles. The van der Waals surface area contributed by atoms with Gasteiger partial charge in [0.2, 0.25) is 0 Å². The van der Waals surface area contributed by atoms with E-state index in [1.54, 1.807) is 19.2 Å². The second-order valence-corrected chi connectivity index (χ2v) is 4.01. The van der Waals surface area contributed by atoms with E-state index in [0.29, 0.717) is 10.7 Å². The predicted octanol–water partition coefficient (Wildman–Crippen LogP) is 3.35. The van der Waals surface area contributed by atoms with Gasteiger partial charge in [-0.25, -0.2) is 4.98 Å². The van der Waals surface area contributed by atoms with Gasteiger partial charge in [0.25, 0.3) is 5.69 Å². The van der Waals surface area contributed by atoms with Gasteiger partial charge in [0.05, 0.1) is 21.3 Å². The van der Waals surface area contributed by atoms with Crippen molar-refractivity contribution < 1.29 is 4.92 Å². The lowest BCUT2D eigenvalue weighted by molar-refractivity contribution is -0.385. The van der Waals surface area contributed by atoms with Crippen molar-refractivity contribution in [3.63, 3.8) is 0 Å². The van der Waals surface area contributed by atoms with Crippen LogP contribution in [0.15, 0.2) is 36.5 Å². The summed E-state index contributed by atoms with van der Waals surface area (Å²) in [5, 5.41) is 14.1. The fourth-order valence-electron chi connectivity index (χ4n) is 1.54. The molecule has 0 atom stereocenters. The molecule has 0 saturated carbocycles. The lowest BCUT2D eigenvalue weighted by atomic mass is 10.1. The molecule has 0 saturated heterocycles. The van der Waals surface area contributed by atoms with Gasteiger partial charge in [0.1, 0.15) is 6.20 Å². The Morgan fingerprint density at radius 1 is 1.33 bits per heavy atom. The Morgan fingerprint density at radius 3 is 2.61 bits per heavy atom. The van der Waals surface area contributed by atoms with E-state index in [1.165, 1.54) is 12.3 Å². The van der Waals surface area contributed by atoms with Crippen LogP contribution in [0.2, 0.25) is 5.02 Å². The van der Waals surface area contributed by atoms with E-state index >= 15 is 0 Å². The third-order valence-corrected chi connectivity index (χ3v) is 2.81. The Labute approximate surface area is 109 Å². The smallest absolute Gasteiger partial charge is 0.287 e. The second-order valence-electron chi connectivity index (χ2n) is 3.60. The van der Waals surface area contributed by atoms with Crippen molar-refractivity contribution in [2.45, 2.75) is 0 Å². The minimum atomic E-state index is -0.478. The summed E-state index contributed by atoms with van der Waals surface area (Å²) in [6.07, 6.45) is 1.23. The summed E-state index contributed by atoms with van der Waals surface area (Å²) in [6, 6.07) is 8.47. The van der Waals surface area contributed by atoms with Crippen molar-refractivity contribution in [3.05, 3.63) is 51.7 Å². The first-order valence-corrected chi connectivity index (χ1v) is 5.57. The molecule has 1 heterocycles. The average molecular weight is 264 g/mol. The number of anilines is 1. The number of pyridine rings is 1. The number of aromatic nitrogens is 1. The maximum Gasteiger partial charge on any atom is 0.287 e. The van der Waals surface area contributed by atoms with E-state index in [1.807, 2.05) is 12.1 Å². The van der Waals surface area contributed by atoms with Gasteiger partial charge in [-0.3, -0.25) is 10.1 Å². The zero-order valence-corrected chi connectivity index (χ0v) is 10.3. The number of hydrogen-bond donors (Lipinski definition) is 1. The van der Waals surface area contributed by atoms with Crippen LogP contribution in [-0.2, 0) is 0 Å². The van der Waals surface area contributed by atoms with E-state index < -0.39 is 4.92 Å². The fraction of sp³-hybridized carbons (Fsp3) is 0.0833. The van der Waals surface area contributed by atoms with Gasteiger partial charge in [-0.15, -0.1) is 0 Å². The minimum absolute atomic E-state index is 0.0308. The monoisotopic (exact) mass is 263 g/mol. The molecule has 18 heavy (non-hydrogen) atoms. The van der Waals surface area contributed by atoms with Crippen LogP contribution in [0.4, 0.5) is 11.4 Å². The van der Waals surface area contributed by atoms with Crippen LogP contribution in [-0.4, -0.2) is 17.0 Å². The highest BCUT2D eigenvalue weighted by atomic mass is 35.5. The molecule has 0 aliphatic rings. The highest BCUT2D eigenvalue weighted by Gasteiger charge is 2.07. The number of nitrogens with zero attached hydrogens (tertiary/aromatic N) is 2. The summed E-state index contributed by atoms with van der Waals surface area (Å²) < 4.78 is 0. The van der Waals surface area contributed by atoms with Crippen LogP contribution in [0.1, 0.15) is 0 Å². The summed E-state index contributed by atoms with van der Waals surface area (Å²) in [4.78, 5) is 14.1. The molecule has 0 aliphatic carbocycles. The predicted molar refractivity (Wildman–Crippen MR) is 70.9 cm³/mol. The third kappa shape index (κ3) is 2.41. The van der Waals surface area contributed by atoms with E-state index in [4.69, 9.17) is 11.6 Å². The molecular weight excluding hydrogens is 254 g/mol. The van der Waals surface area contributed by atoms with Crippen molar-refractivity contribution in [2.75, 3.05) is 12.4 Å². The molecule has 1 aromatic heterocycles. The number of halogens is 1. The van der Waals surface area contributed by atoms with Crippen LogP contribution in [0, 0.1) is 10.1 Å². The molecule has 5 nitrogen and oxygen atoms in total. The molecule has 0 fully saturated rings. The van der Waals surface area contributed by atoms with E-state index in [0.717, 1.165) is 11.3 Å². The van der Waals surface area contributed by atoms with Gasteiger partial charge in [0, 0.05) is 18.7 Å². The molecule has 1 aromatic carbocycles. The van der Waals surface area contributed by atoms with Gasteiger partial charge in [-0.1, -0.05) is 17.7 Å². The molecule has 0 bridgehead atoms. The van der Waals surface area contributed by atoms with Crippen molar-refractivity contribution in [1.29, 1.82) is 0 Å². The Balaban J connectivity index is 2.36. The summed E-state index contributed by atoms with van der Waals surface area (Å²) in [5.74, 6) is 0. The molecule has 2 rings (SSSR count). The minimum Gasteiger partial charge on any atom is -0.387 e. The highest BCUT2D eigenvalue weighted by molar-refractivity contribution is 6.33. The second kappa shape index (κ2) is 5.01. The topological polar surface area (TPSA) is 68.1 Å². The molecule has 0 radical (unpaired) electrons. The normalized spacial score (nSPS) is 10.1. The molecule has 0 amide bonds. The van der Waals surface area contributed by atoms with E-state index in [-0.39, 0.29) is 5.69 Å². The van der Waals surface area contributed by atoms with Crippen LogP contribution in [0.5, 0.6) is 0 Å². The van der Waals surface area contributed by atoms with Gasteiger partial charge >= 0.3 is 0 Å². The van der Waals surface area contributed by atoms with Crippen molar-refractivity contribution in [1.82, 2.24) is 4.98 Å². The van der Waals surface area contributed by atoms with Crippen molar-refractivity contribution in [2.24, 2.45) is 0 Å². The first-order valence-electron chi connectivity index (χ1n) is 5.20. The summed E-state index contributed by atoms with van der Waals surface area (Å²) in [6.45, 7) is 0. The Morgan fingerprint density at radius 2 is 2.11 bits per heavy atom. The Hall–Kier alpha value is -2.14. The SMILES string of the molecule is CNc1ccc(-c2ccc([N+](=O)[O-])cn2)cc1Cl. The van der Waals surface area contributed by atoms with Gasteiger partial charge < -0.3 is 5.32 Å². The van der Waals surface area contributed by atoms with Crippen LogP contribution in [0.3, 0.4) is 0 Å². The number of nitrogens with one attached hydrogen (secondary N) is 1. The van der Waals surface area contributed by atoms with Gasteiger partial charge in [-0.2, -0.15) is 0 Å². The largest absolute Gasteiger partial charge is 0.387 e. The Bertz CT molecular complexity index is 584. The van der Waals surface area contributed by atoms with E-state index in [9.17, 15) is 10.1 Å². The number of hydrogen-bond acceptors (Lipinski definition) is 4. The summed E-state index contributed by atoms with van der Waals surface area (Å²) >= 11 is 6.06. The number of benzene rings is 1. The molecule has 0 spiro atoms. The quantitative estimate of drug-likeness (QED) is 0.681. The molecule has 1 N–H and O–H groups in total. The first kappa shape index (κ1) is 12.3. The number of rotatable bonds is 3. The molecule has 6 heteroatoms. The number of nitro groups is 1. The summed E-state index contributed by atoms with van der Waals surface area (Å²) in [5.41, 5.74) is 2.25. The van der Waals surface area contributed by atoms with Crippen LogP contribution < -0.4 is 5.32 Å². The average Bonchev–Trinajstić information content (AvgIpc) is 2.38. The van der Waals surface area contributed by atoms with Crippen LogP contribution >= 0.6 is 11.6 Å². The summed E-state index contributed by atoms with van der Waals surface area (Å²) in [7, 11) is 1.78. The first-order chi connectivity index (χ1) is 8.61. The zero-order valence-electron chi connectivity index (χ0n) is 9.55. The van der Waals surface area contributed by atoms with Crippen molar-refractivity contribution in [3.8, 4) is 11.3 Å². The zero-order chi connectivity index (χ0) is 13.1. The lowest BCUT2D eigenvalue weighted by Gasteiger charge is -2.06. The van der Waals surface area contributed by atoms with Gasteiger partial charge in [0.15, 0.2) is 0 Å². The van der Waals surface area contributed by atoms with Gasteiger partial charge in [-0.05, 0) is 18.2 Å². The fourth-order valence-corrected chi connectivity index (χ4v) is 1.82. The maximum absolute atomic E-state index is 10.5. The standard InChI is InChI=1S/C12H10ClN3O2/c1-14-12-4-2-8(6-10(12)13)11-5-3-9(7-15-11)16(17)18/h2-7,14H,1H3.